The van der Waals surface area contributed by atoms with Crippen LogP contribution in [0.4, 0.5) is 0 Å². The maximum Gasteiger partial charge on any atom is 0.122 e. The summed E-state index contributed by atoms with van der Waals surface area (Å²) in [5.74, 6) is 1.28. The number of likely N-dealkylation sites (N-methyl/N-ethyl adjacent to an activating group) is 1. The van der Waals surface area contributed by atoms with Crippen LogP contribution < -0.4 is 10.1 Å². The molecule has 3 rings (SSSR count). The quantitative estimate of drug-likeness (QED) is 0.906. The zero-order valence-corrected chi connectivity index (χ0v) is 13.3. The molecule has 2 aromatic rings. The highest BCUT2D eigenvalue weighted by atomic mass is 35.5. The molecule has 4 heteroatoms. The van der Waals surface area contributed by atoms with E-state index in [1.54, 1.807) is 0 Å². The summed E-state index contributed by atoms with van der Waals surface area (Å²) in [5.41, 5.74) is 2.24. The second-order valence-electron chi connectivity index (χ2n) is 5.25. The van der Waals surface area contributed by atoms with Gasteiger partial charge in [-0.15, -0.1) is 0 Å². The van der Waals surface area contributed by atoms with Crippen molar-refractivity contribution in [3.63, 3.8) is 0 Å². The molecule has 2 atom stereocenters. The molecule has 0 bridgehead atoms. The Balaban J connectivity index is 1.87. The number of ether oxygens (including phenoxy) is 1. The van der Waals surface area contributed by atoms with Crippen LogP contribution in [-0.4, -0.2) is 19.7 Å². The number of para-hydroxylation sites is 1. The van der Waals surface area contributed by atoms with Gasteiger partial charge >= 0.3 is 0 Å². The van der Waals surface area contributed by atoms with Gasteiger partial charge < -0.3 is 10.1 Å². The Labute approximate surface area is 135 Å². The first-order valence-corrected chi connectivity index (χ1v) is 7.78. The third kappa shape index (κ3) is 2.89. The normalized spacial score (nSPS) is 18.1. The van der Waals surface area contributed by atoms with Crippen molar-refractivity contribution in [1.29, 1.82) is 0 Å². The predicted molar refractivity (Wildman–Crippen MR) is 87.7 cm³/mol. The lowest BCUT2D eigenvalue weighted by atomic mass is 9.89. The van der Waals surface area contributed by atoms with Gasteiger partial charge in [-0.1, -0.05) is 47.5 Å². The average Bonchev–Trinajstić information content (AvgIpc) is 2.91. The number of nitrogens with one attached hydrogen (secondary N) is 1. The Morgan fingerprint density at radius 3 is 2.57 bits per heavy atom. The number of halogens is 2. The summed E-state index contributed by atoms with van der Waals surface area (Å²) < 4.78 is 5.79. The van der Waals surface area contributed by atoms with Gasteiger partial charge in [0.25, 0.3) is 0 Å². The smallest absolute Gasteiger partial charge is 0.122 e. The summed E-state index contributed by atoms with van der Waals surface area (Å²) in [6.45, 7) is 0.687. The zero-order chi connectivity index (χ0) is 14.8. The number of rotatable bonds is 4. The highest BCUT2D eigenvalue weighted by molar-refractivity contribution is 6.36. The van der Waals surface area contributed by atoms with E-state index >= 15 is 0 Å². The van der Waals surface area contributed by atoms with Crippen LogP contribution in [0, 0.1) is 0 Å². The molecule has 2 aromatic carbocycles. The first kappa shape index (κ1) is 14.7. The molecule has 0 aromatic heterocycles. The number of fused-ring (bicyclic) bond motifs is 1. The molecule has 0 fully saturated rings. The lowest BCUT2D eigenvalue weighted by molar-refractivity contribution is 0.302. The lowest BCUT2D eigenvalue weighted by Gasteiger charge is -2.23. The van der Waals surface area contributed by atoms with Crippen LogP contribution >= 0.6 is 23.2 Å². The molecule has 0 aliphatic carbocycles. The molecular weight excluding hydrogens is 305 g/mol. The summed E-state index contributed by atoms with van der Waals surface area (Å²) in [5, 5.41) is 4.83. The molecular formula is C17H17Cl2NO. The first-order valence-electron chi connectivity index (χ1n) is 7.02. The SMILES string of the molecule is CNC(Cc1c(Cl)cccc1Cl)C1COc2ccccc21. The average molecular weight is 322 g/mol. The summed E-state index contributed by atoms with van der Waals surface area (Å²) >= 11 is 12.6. The minimum atomic E-state index is 0.228. The minimum Gasteiger partial charge on any atom is -0.493 e. The van der Waals surface area contributed by atoms with Gasteiger partial charge in [0.15, 0.2) is 0 Å². The van der Waals surface area contributed by atoms with Crippen LogP contribution in [0.1, 0.15) is 17.0 Å². The van der Waals surface area contributed by atoms with Crippen LogP contribution in [0.5, 0.6) is 5.75 Å². The van der Waals surface area contributed by atoms with Gasteiger partial charge in [-0.3, -0.25) is 0 Å². The molecule has 0 radical (unpaired) electrons. The van der Waals surface area contributed by atoms with E-state index in [1.807, 2.05) is 37.4 Å². The molecule has 1 aliphatic heterocycles. The monoisotopic (exact) mass is 321 g/mol. The fourth-order valence-electron chi connectivity index (χ4n) is 2.91. The second-order valence-corrected chi connectivity index (χ2v) is 6.07. The number of benzene rings is 2. The standard InChI is InChI=1S/C17H17Cl2NO/c1-20-16(9-12-14(18)6-4-7-15(12)19)13-10-21-17-8-3-2-5-11(13)17/h2-8,13,16,20H,9-10H2,1H3. The molecule has 2 unspecified atom stereocenters. The molecule has 0 spiro atoms. The van der Waals surface area contributed by atoms with Gasteiger partial charge in [0.05, 0.1) is 6.61 Å². The largest absolute Gasteiger partial charge is 0.493 e. The van der Waals surface area contributed by atoms with Crippen molar-refractivity contribution in [1.82, 2.24) is 5.32 Å². The first-order chi connectivity index (χ1) is 10.2. The fraction of sp³-hybridized carbons (Fsp3) is 0.294. The Morgan fingerprint density at radius 1 is 1.14 bits per heavy atom. The van der Waals surface area contributed by atoms with Crippen LogP contribution in [0.25, 0.3) is 0 Å². The van der Waals surface area contributed by atoms with Crippen molar-refractivity contribution in [3.05, 3.63) is 63.6 Å². The third-order valence-corrected chi connectivity index (χ3v) is 4.79. The third-order valence-electron chi connectivity index (χ3n) is 4.08. The van der Waals surface area contributed by atoms with Gasteiger partial charge in [-0.05, 0) is 37.2 Å². The maximum atomic E-state index is 6.29. The van der Waals surface area contributed by atoms with Crippen LogP contribution in [0.15, 0.2) is 42.5 Å². The molecule has 0 amide bonds. The molecule has 1 heterocycles. The molecule has 1 aliphatic rings. The second kappa shape index (κ2) is 6.27. The van der Waals surface area contributed by atoms with Crippen LogP contribution in [0.3, 0.4) is 0 Å². The molecule has 2 nitrogen and oxygen atoms in total. The maximum absolute atomic E-state index is 6.29. The van der Waals surface area contributed by atoms with Gasteiger partial charge in [0.1, 0.15) is 5.75 Å². The van der Waals surface area contributed by atoms with Gasteiger partial charge in [-0.2, -0.15) is 0 Å². The Kier molecular flexibility index (Phi) is 4.39. The summed E-state index contributed by atoms with van der Waals surface area (Å²) in [6.07, 6.45) is 0.775. The summed E-state index contributed by atoms with van der Waals surface area (Å²) in [7, 11) is 1.97. The van der Waals surface area contributed by atoms with Gasteiger partial charge in [0, 0.05) is 27.6 Å². The summed E-state index contributed by atoms with van der Waals surface area (Å²) in [6, 6.07) is 14.1. The number of hydrogen-bond donors (Lipinski definition) is 1. The van der Waals surface area contributed by atoms with Crippen molar-refractivity contribution in [2.24, 2.45) is 0 Å². The highest BCUT2D eigenvalue weighted by Gasteiger charge is 2.31. The van der Waals surface area contributed by atoms with E-state index in [9.17, 15) is 0 Å². The van der Waals surface area contributed by atoms with Gasteiger partial charge in [-0.25, -0.2) is 0 Å². The number of hydrogen-bond acceptors (Lipinski definition) is 2. The topological polar surface area (TPSA) is 21.3 Å². The molecule has 110 valence electrons. The lowest BCUT2D eigenvalue weighted by Crippen LogP contribution is -2.35. The van der Waals surface area contributed by atoms with E-state index in [4.69, 9.17) is 27.9 Å². The fourth-order valence-corrected chi connectivity index (χ4v) is 3.47. The predicted octanol–water partition coefficient (Wildman–Crippen LogP) is 4.30. The molecule has 21 heavy (non-hydrogen) atoms. The Bertz CT molecular complexity index is 624. The van der Waals surface area contributed by atoms with E-state index in [-0.39, 0.29) is 6.04 Å². The van der Waals surface area contributed by atoms with E-state index in [0.717, 1.165) is 27.8 Å². The van der Waals surface area contributed by atoms with Crippen LogP contribution in [-0.2, 0) is 6.42 Å². The van der Waals surface area contributed by atoms with Crippen molar-refractivity contribution in [2.75, 3.05) is 13.7 Å². The molecule has 0 saturated carbocycles. The minimum absolute atomic E-state index is 0.228. The van der Waals surface area contributed by atoms with E-state index in [0.29, 0.717) is 12.5 Å². The van der Waals surface area contributed by atoms with E-state index < -0.39 is 0 Å². The molecule has 0 saturated heterocycles. The van der Waals surface area contributed by atoms with Crippen molar-refractivity contribution in [3.8, 4) is 5.75 Å². The highest BCUT2D eigenvalue weighted by Crippen LogP contribution is 2.37. The van der Waals surface area contributed by atoms with E-state index in [1.165, 1.54) is 5.56 Å². The summed E-state index contributed by atoms with van der Waals surface area (Å²) in [4.78, 5) is 0. The van der Waals surface area contributed by atoms with Crippen molar-refractivity contribution >= 4 is 23.2 Å². The van der Waals surface area contributed by atoms with E-state index in [2.05, 4.69) is 17.4 Å². The Hall–Kier alpha value is -1.22. The van der Waals surface area contributed by atoms with Crippen LogP contribution in [0.2, 0.25) is 10.0 Å². The van der Waals surface area contributed by atoms with Crippen molar-refractivity contribution in [2.45, 2.75) is 18.4 Å². The zero-order valence-electron chi connectivity index (χ0n) is 11.8. The van der Waals surface area contributed by atoms with Crippen molar-refractivity contribution < 1.29 is 4.74 Å². The Morgan fingerprint density at radius 2 is 1.86 bits per heavy atom. The molecule has 1 N–H and O–H groups in total. The van der Waals surface area contributed by atoms with Gasteiger partial charge in [0.2, 0.25) is 0 Å².